The molecule has 0 saturated heterocycles. The van der Waals surface area contributed by atoms with Crippen LogP contribution in [0.2, 0.25) is 0 Å². The van der Waals surface area contributed by atoms with Crippen LogP contribution in [-0.2, 0) is 13.6 Å². The zero-order chi connectivity index (χ0) is 19.4. The highest BCUT2D eigenvalue weighted by atomic mass is 79.9. The molecule has 1 aromatic carbocycles. The number of halogens is 1. The van der Waals surface area contributed by atoms with Crippen LogP contribution in [0.25, 0.3) is 17.2 Å². The van der Waals surface area contributed by atoms with Crippen molar-refractivity contribution in [2.24, 2.45) is 12.1 Å². The van der Waals surface area contributed by atoms with E-state index < -0.39 is 11.2 Å². The summed E-state index contributed by atoms with van der Waals surface area (Å²) in [5, 5.41) is 4.18. The van der Waals surface area contributed by atoms with Crippen molar-refractivity contribution in [2.75, 3.05) is 5.43 Å². The van der Waals surface area contributed by atoms with Crippen LogP contribution in [0.5, 0.6) is 0 Å². The van der Waals surface area contributed by atoms with Crippen LogP contribution in [0.1, 0.15) is 18.9 Å². The summed E-state index contributed by atoms with van der Waals surface area (Å²) in [4.78, 5) is 30.7. The molecule has 0 aliphatic carbocycles. The molecule has 0 amide bonds. The van der Waals surface area contributed by atoms with Crippen molar-refractivity contribution >= 4 is 45.3 Å². The molecule has 8 nitrogen and oxygen atoms in total. The molecule has 0 unspecified atom stereocenters. The summed E-state index contributed by atoms with van der Waals surface area (Å²) in [5.74, 6) is 0.398. The van der Waals surface area contributed by atoms with Gasteiger partial charge in [0.1, 0.15) is 0 Å². The molecule has 2 heterocycles. The van der Waals surface area contributed by atoms with Crippen molar-refractivity contribution in [3.63, 3.8) is 0 Å². The van der Waals surface area contributed by atoms with E-state index in [1.165, 1.54) is 4.57 Å². The molecule has 0 spiro atoms. The van der Waals surface area contributed by atoms with Gasteiger partial charge in [0.05, 0.1) is 6.21 Å². The number of aryl methyl sites for hydroxylation is 2. The monoisotopic (exact) mass is 430 g/mol. The van der Waals surface area contributed by atoms with Gasteiger partial charge in [0.2, 0.25) is 5.95 Å². The minimum atomic E-state index is -0.503. The zero-order valence-corrected chi connectivity index (χ0v) is 16.5. The summed E-state index contributed by atoms with van der Waals surface area (Å²) < 4.78 is 3.80. The molecular weight excluding hydrogens is 412 g/mol. The van der Waals surface area contributed by atoms with Crippen LogP contribution >= 0.6 is 15.9 Å². The second kappa shape index (κ2) is 8.17. The van der Waals surface area contributed by atoms with E-state index in [0.717, 1.165) is 16.5 Å². The topological polar surface area (TPSA) is 97.1 Å². The molecule has 0 saturated carbocycles. The molecule has 0 atom stereocenters. The summed E-state index contributed by atoms with van der Waals surface area (Å²) in [6.45, 7) is 2.56. The lowest BCUT2D eigenvalue weighted by Gasteiger charge is -2.05. The van der Waals surface area contributed by atoms with E-state index in [0.29, 0.717) is 23.7 Å². The lowest BCUT2D eigenvalue weighted by Crippen LogP contribution is -2.29. The van der Waals surface area contributed by atoms with E-state index in [1.807, 2.05) is 43.3 Å². The van der Waals surface area contributed by atoms with Gasteiger partial charge in [0.25, 0.3) is 5.56 Å². The average molecular weight is 431 g/mol. The van der Waals surface area contributed by atoms with Crippen LogP contribution in [0.15, 0.2) is 49.5 Å². The van der Waals surface area contributed by atoms with Crippen molar-refractivity contribution in [3.05, 3.63) is 61.2 Å². The third-order valence-electron chi connectivity index (χ3n) is 3.91. The first-order valence-electron chi connectivity index (χ1n) is 8.42. The predicted molar refractivity (Wildman–Crippen MR) is 111 cm³/mol. The van der Waals surface area contributed by atoms with Crippen molar-refractivity contribution in [1.82, 2.24) is 19.1 Å². The number of imidazole rings is 1. The highest BCUT2D eigenvalue weighted by Gasteiger charge is 2.16. The molecule has 0 aliphatic rings. The maximum absolute atomic E-state index is 12.2. The number of hydrogen-bond acceptors (Lipinski definition) is 5. The summed E-state index contributed by atoms with van der Waals surface area (Å²) in [6.07, 6.45) is 4.32. The minimum absolute atomic E-state index is 0.314. The number of aromatic amines is 1. The van der Waals surface area contributed by atoms with Crippen molar-refractivity contribution in [3.8, 4) is 0 Å². The number of fused-ring (bicyclic) bond motifs is 1. The Labute approximate surface area is 163 Å². The Morgan fingerprint density at radius 3 is 2.78 bits per heavy atom. The van der Waals surface area contributed by atoms with Crippen molar-refractivity contribution in [2.45, 2.75) is 19.9 Å². The lowest BCUT2D eigenvalue weighted by atomic mass is 10.2. The molecule has 2 aromatic heterocycles. The molecule has 0 radical (unpaired) electrons. The normalized spacial score (nSPS) is 12.2. The Bertz CT molecular complexity index is 1120. The number of hydrazone groups is 1. The van der Waals surface area contributed by atoms with E-state index in [1.54, 1.807) is 17.8 Å². The van der Waals surface area contributed by atoms with Crippen LogP contribution in [0.4, 0.5) is 5.95 Å². The number of aromatic nitrogens is 4. The molecule has 9 heteroatoms. The predicted octanol–water partition coefficient (Wildman–Crippen LogP) is 2.67. The highest BCUT2D eigenvalue weighted by Crippen LogP contribution is 2.16. The summed E-state index contributed by atoms with van der Waals surface area (Å²) >= 11 is 3.45. The standard InChI is InChI=1S/C18H19BrN6O2/c1-3-9-25-14-15(24(2)18(27)22-16(14)26)21-17(25)23-20-11-13(19)10-12-7-5-4-6-8-12/h4-8,10-11H,3,9H2,1-2H3,(H,21,23)(H,22,26,27)/b13-10+,20-11+. The zero-order valence-electron chi connectivity index (χ0n) is 14.9. The first-order chi connectivity index (χ1) is 13.0. The number of allylic oxidation sites excluding steroid dienone is 1. The first-order valence-corrected chi connectivity index (χ1v) is 9.21. The van der Waals surface area contributed by atoms with Gasteiger partial charge in [-0.25, -0.2) is 10.2 Å². The maximum atomic E-state index is 12.2. The second-order valence-corrected chi connectivity index (χ2v) is 6.80. The van der Waals surface area contributed by atoms with Crippen LogP contribution < -0.4 is 16.7 Å². The summed E-state index contributed by atoms with van der Waals surface area (Å²) in [6, 6.07) is 9.83. The Hall–Kier alpha value is -2.94. The fourth-order valence-corrected chi connectivity index (χ4v) is 3.03. The average Bonchev–Trinajstić information content (AvgIpc) is 3.00. The Morgan fingerprint density at radius 1 is 1.33 bits per heavy atom. The quantitative estimate of drug-likeness (QED) is 0.463. The van der Waals surface area contributed by atoms with Gasteiger partial charge in [0, 0.05) is 18.1 Å². The third-order valence-corrected chi connectivity index (χ3v) is 4.34. The van der Waals surface area contributed by atoms with Crippen molar-refractivity contribution < 1.29 is 0 Å². The first kappa shape index (κ1) is 18.8. The minimum Gasteiger partial charge on any atom is -0.303 e. The van der Waals surface area contributed by atoms with E-state index >= 15 is 0 Å². The van der Waals surface area contributed by atoms with E-state index in [4.69, 9.17) is 0 Å². The summed E-state index contributed by atoms with van der Waals surface area (Å²) in [5.41, 5.74) is 3.59. The molecule has 3 aromatic rings. The number of anilines is 1. The van der Waals surface area contributed by atoms with Gasteiger partial charge in [-0.3, -0.25) is 14.3 Å². The van der Waals surface area contributed by atoms with E-state index in [9.17, 15) is 9.59 Å². The molecule has 140 valence electrons. The molecule has 0 fully saturated rings. The molecular formula is C18H19BrN6O2. The number of hydrogen-bond donors (Lipinski definition) is 2. The largest absolute Gasteiger partial charge is 0.329 e. The fraction of sp³-hybridized carbons (Fsp3) is 0.222. The molecule has 0 bridgehead atoms. The van der Waals surface area contributed by atoms with Crippen LogP contribution in [-0.4, -0.2) is 25.3 Å². The van der Waals surface area contributed by atoms with Crippen LogP contribution in [0, 0.1) is 0 Å². The number of nitrogens with zero attached hydrogens (tertiary/aromatic N) is 4. The smallest absolute Gasteiger partial charge is 0.303 e. The van der Waals surface area contributed by atoms with Gasteiger partial charge < -0.3 is 4.57 Å². The van der Waals surface area contributed by atoms with Crippen LogP contribution in [0.3, 0.4) is 0 Å². The lowest BCUT2D eigenvalue weighted by molar-refractivity contribution is 0.698. The second-order valence-electron chi connectivity index (χ2n) is 5.89. The Kier molecular flexibility index (Phi) is 5.70. The molecule has 27 heavy (non-hydrogen) atoms. The molecule has 2 N–H and O–H groups in total. The number of rotatable bonds is 6. The van der Waals surface area contributed by atoms with E-state index in [2.05, 4.69) is 36.4 Å². The maximum Gasteiger partial charge on any atom is 0.329 e. The number of benzene rings is 1. The molecule has 0 aliphatic heterocycles. The Balaban J connectivity index is 1.93. The fourth-order valence-electron chi connectivity index (χ4n) is 2.66. The number of nitrogens with one attached hydrogen (secondary N) is 2. The van der Waals surface area contributed by atoms with Gasteiger partial charge in [-0.15, -0.1) is 0 Å². The van der Waals surface area contributed by atoms with Gasteiger partial charge in [-0.05, 0) is 34.0 Å². The SMILES string of the molecule is CCCn1c(N/N=C/C(Br)=C\c2ccccc2)nc2c1c(=O)[nH]c(=O)n2C. The van der Waals surface area contributed by atoms with Crippen molar-refractivity contribution in [1.29, 1.82) is 0 Å². The van der Waals surface area contributed by atoms with Gasteiger partial charge in [0.15, 0.2) is 11.2 Å². The van der Waals surface area contributed by atoms with Gasteiger partial charge in [-0.1, -0.05) is 37.3 Å². The molecule has 3 rings (SSSR count). The summed E-state index contributed by atoms with van der Waals surface area (Å²) in [7, 11) is 1.57. The highest BCUT2D eigenvalue weighted by molar-refractivity contribution is 9.12. The van der Waals surface area contributed by atoms with E-state index in [-0.39, 0.29) is 0 Å². The number of H-pyrrole nitrogens is 1. The third kappa shape index (κ3) is 4.08. The van der Waals surface area contributed by atoms with Gasteiger partial charge in [-0.2, -0.15) is 10.1 Å². The van der Waals surface area contributed by atoms with Gasteiger partial charge >= 0.3 is 5.69 Å². The Morgan fingerprint density at radius 2 is 2.07 bits per heavy atom.